The first-order chi connectivity index (χ1) is 7.54. The summed E-state index contributed by atoms with van der Waals surface area (Å²) >= 11 is 0. The highest BCUT2D eigenvalue weighted by Gasteiger charge is 2.29. The zero-order valence-corrected chi connectivity index (χ0v) is 10.7. The Labute approximate surface area is 98.4 Å². The van der Waals surface area contributed by atoms with Crippen LogP contribution in [0.25, 0.3) is 0 Å². The molecule has 0 spiro atoms. The van der Waals surface area contributed by atoms with Gasteiger partial charge in [-0.3, -0.25) is 4.79 Å². The van der Waals surface area contributed by atoms with E-state index in [1.54, 1.807) is 6.08 Å². The maximum atomic E-state index is 11.9. The minimum Gasteiger partial charge on any atom is -0.495 e. The molecule has 0 amide bonds. The van der Waals surface area contributed by atoms with Gasteiger partial charge in [0.15, 0.2) is 5.78 Å². The van der Waals surface area contributed by atoms with Crippen LogP contribution in [0.1, 0.15) is 40.5 Å². The summed E-state index contributed by atoms with van der Waals surface area (Å²) in [5.74, 6) is 1.58. The Morgan fingerprint density at radius 1 is 1.56 bits per heavy atom. The summed E-state index contributed by atoms with van der Waals surface area (Å²) < 4.78 is 5.61. The molecule has 0 aromatic carbocycles. The lowest BCUT2D eigenvalue weighted by Gasteiger charge is -2.27. The van der Waals surface area contributed by atoms with E-state index < -0.39 is 0 Å². The van der Waals surface area contributed by atoms with Gasteiger partial charge < -0.3 is 4.74 Å². The molecule has 0 aromatic heterocycles. The maximum absolute atomic E-state index is 11.9. The van der Waals surface area contributed by atoms with Gasteiger partial charge in [-0.05, 0) is 33.1 Å². The van der Waals surface area contributed by atoms with E-state index in [0.29, 0.717) is 5.92 Å². The molecular formula is C14H22O2. The summed E-state index contributed by atoms with van der Waals surface area (Å²) in [6, 6.07) is 0. The molecule has 16 heavy (non-hydrogen) atoms. The minimum absolute atomic E-state index is 0.135. The summed E-state index contributed by atoms with van der Waals surface area (Å²) in [6.07, 6.45) is 7.64. The molecule has 2 nitrogen and oxygen atoms in total. The lowest BCUT2D eigenvalue weighted by atomic mass is 9.80. The molecule has 0 aliphatic heterocycles. The summed E-state index contributed by atoms with van der Waals surface area (Å²) in [7, 11) is 0. The van der Waals surface area contributed by atoms with Crippen molar-refractivity contribution in [2.24, 2.45) is 11.8 Å². The van der Waals surface area contributed by atoms with E-state index in [2.05, 4.69) is 13.0 Å². The van der Waals surface area contributed by atoms with Crippen LogP contribution >= 0.6 is 0 Å². The number of hydrogen-bond donors (Lipinski definition) is 0. The Hall–Kier alpha value is -1.05. The van der Waals surface area contributed by atoms with Gasteiger partial charge in [-0.25, -0.2) is 0 Å². The van der Waals surface area contributed by atoms with Gasteiger partial charge in [-0.1, -0.05) is 19.1 Å². The van der Waals surface area contributed by atoms with E-state index in [9.17, 15) is 4.79 Å². The largest absolute Gasteiger partial charge is 0.495 e. The molecule has 0 N–H and O–H groups in total. The van der Waals surface area contributed by atoms with Gasteiger partial charge in [0, 0.05) is 18.4 Å². The van der Waals surface area contributed by atoms with Crippen molar-refractivity contribution in [1.29, 1.82) is 0 Å². The van der Waals surface area contributed by atoms with Crippen molar-refractivity contribution in [1.82, 2.24) is 0 Å². The predicted molar refractivity (Wildman–Crippen MR) is 66.0 cm³/mol. The molecular weight excluding hydrogens is 200 g/mol. The van der Waals surface area contributed by atoms with E-state index in [-0.39, 0.29) is 17.8 Å². The first-order valence-corrected chi connectivity index (χ1v) is 6.06. The van der Waals surface area contributed by atoms with Crippen molar-refractivity contribution in [3.8, 4) is 0 Å². The van der Waals surface area contributed by atoms with Crippen LogP contribution < -0.4 is 0 Å². The Kier molecular flexibility index (Phi) is 4.78. The molecule has 90 valence electrons. The van der Waals surface area contributed by atoms with E-state index >= 15 is 0 Å². The first kappa shape index (κ1) is 13.0. The van der Waals surface area contributed by atoms with Gasteiger partial charge in [0.25, 0.3) is 0 Å². The highest BCUT2D eigenvalue weighted by molar-refractivity contribution is 5.93. The first-order valence-electron chi connectivity index (χ1n) is 6.06. The Morgan fingerprint density at radius 3 is 2.75 bits per heavy atom. The fourth-order valence-electron chi connectivity index (χ4n) is 2.08. The predicted octanol–water partition coefficient (Wildman–Crippen LogP) is 3.49. The highest BCUT2D eigenvalue weighted by Crippen LogP contribution is 2.30. The SMILES string of the molecule is CC=CCC1C(=O)C=C(OC(C)C)CC1C. The van der Waals surface area contributed by atoms with Crippen LogP contribution in [0.5, 0.6) is 0 Å². The van der Waals surface area contributed by atoms with Crippen molar-refractivity contribution in [3.05, 3.63) is 24.0 Å². The Balaban J connectivity index is 2.68. The summed E-state index contributed by atoms with van der Waals surface area (Å²) in [5, 5.41) is 0. The molecule has 0 radical (unpaired) electrons. The second-order valence-corrected chi connectivity index (χ2v) is 4.77. The van der Waals surface area contributed by atoms with Gasteiger partial charge in [-0.15, -0.1) is 0 Å². The maximum Gasteiger partial charge on any atom is 0.162 e. The number of carbonyl (C=O) groups excluding carboxylic acids is 1. The third-order valence-electron chi connectivity index (χ3n) is 2.89. The van der Waals surface area contributed by atoms with Crippen LogP contribution in [0, 0.1) is 11.8 Å². The van der Waals surface area contributed by atoms with E-state index in [4.69, 9.17) is 4.74 Å². The van der Waals surface area contributed by atoms with Crippen LogP contribution in [0.4, 0.5) is 0 Å². The normalized spacial score (nSPS) is 26.3. The quantitative estimate of drug-likeness (QED) is 0.681. The van der Waals surface area contributed by atoms with E-state index in [1.807, 2.05) is 26.8 Å². The third-order valence-corrected chi connectivity index (χ3v) is 2.89. The molecule has 0 fully saturated rings. The fourth-order valence-corrected chi connectivity index (χ4v) is 2.08. The average molecular weight is 222 g/mol. The average Bonchev–Trinajstić information content (AvgIpc) is 2.15. The monoisotopic (exact) mass is 222 g/mol. The van der Waals surface area contributed by atoms with Crippen LogP contribution in [0.15, 0.2) is 24.0 Å². The van der Waals surface area contributed by atoms with E-state index in [1.165, 1.54) is 0 Å². The minimum atomic E-state index is 0.135. The Morgan fingerprint density at radius 2 is 2.25 bits per heavy atom. The standard InChI is InChI=1S/C14H22O2/c1-5-6-7-13-11(4)8-12(9-14(13)15)16-10(2)3/h5-6,9-11,13H,7-8H2,1-4H3. The second kappa shape index (κ2) is 5.88. The van der Waals surface area contributed by atoms with Gasteiger partial charge in [0.1, 0.15) is 5.76 Å². The molecule has 0 saturated carbocycles. The Bertz CT molecular complexity index is 300. The molecule has 2 unspecified atom stereocenters. The highest BCUT2D eigenvalue weighted by atomic mass is 16.5. The topological polar surface area (TPSA) is 26.3 Å². The zero-order chi connectivity index (χ0) is 12.1. The van der Waals surface area contributed by atoms with Gasteiger partial charge >= 0.3 is 0 Å². The van der Waals surface area contributed by atoms with Crippen molar-refractivity contribution < 1.29 is 9.53 Å². The number of rotatable bonds is 4. The van der Waals surface area contributed by atoms with Gasteiger partial charge in [0.05, 0.1) is 6.10 Å². The molecule has 0 heterocycles. The lowest BCUT2D eigenvalue weighted by Crippen LogP contribution is -2.26. The lowest BCUT2D eigenvalue weighted by molar-refractivity contribution is -0.120. The molecule has 0 bridgehead atoms. The number of allylic oxidation sites excluding steroid dienone is 4. The summed E-state index contributed by atoms with van der Waals surface area (Å²) in [5.41, 5.74) is 0. The van der Waals surface area contributed by atoms with Crippen molar-refractivity contribution in [3.63, 3.8) is 0 Å². The van der Waals surface area contributed by atoms with Crippen LogP contribution in [-0.4, -0.2) is 11.9 Å². The fraction of sp³-hybridized carbons (Fsp3) is 0.643. The zero-order valence-electron chi connectivity index (χ0n) is 10.7. The summed E-state index contributed by atoms with van der Waals surface area (Å²) in [6.45, 7) is 8.09. The molecule has 1 rings (SSSR count). The van der Waals surface area contributed by atoms with Gasteiger partial charge in [-0.2, -0.15) is 0 Å². The van der Waals surface area contributed by atoms with E-state index in [0.717, 1.165) is 18.6 Å². The molecule has 2 atom stereocenters. The van der Waals surface area contributed by atoms with Gasteiger partial charge in [0.2, 0.25) is 0 Å². The molecule has 2 heteroatoms. The molecule has 0 saturated heterocycles. The molecule has 0 aromatic rings. The molecule has 1 aliphatic carbocycles. The smallest absolute Gasteiger partial charge is 0.162 e. The number of ketones is 1. The van der Waals surface area contributed by atoms with Crippen LogP contribution in [0.3, 0.4) is 0 Å². The number of carbonyl (C=O) groups is 1. The van der Waals surface area contributed by atoms with Crippen molar-refractivity contribution in [2.75, 3.05) is 0 Å². The number of ether oxygens (including phenoxy) is 1. The van der Waals surface area contributed by atoms with Crippen molar-refractivity contribution in [2.45, 2.75) is 46.6 Å². The van der Waals surface area contributed by atoms with Crippen molar-refractivity contribution >= 4 is 5.78 Å². The molecule has 1 aliphatic rings. The van der Waals surface area contributed by atoms with Crippen LogP contribution in [-0.2, 0) is 9.53 Å². The third kappa shape index (κ3) is 3.51. The summed E-state index contributed by atoms with van der Waals surface area (Å²) in [4.78, 5) is 11.9. The number of hydrogen-bond acceptors (Lipinski definition) is 2. The van der Waals surface area contributed by atoms with Crippen LogP contribution in [0.2, 0.25) is 0 Å². The second-order valence-electron chi connectivity index (χ2n) is 4.77.